The highest BCUT2D eigenvalue weighted by Gasteiger charge is 2.27. The number of carbonyl (C=O) groups excluding carboxylic acids is 1. The van der Waals surface area contributed by atoms with Crippen LogP contribution in [-0.2, 0) is 0 Å². The molecule has 1 aliphatic carbocycles. The summed E-state index contributed by atoms with van der Waals surface area (Å²) in [6.45, 7) is 1.34. The van der Waals surface area contributed by atoms with Crippen LogP contribution in [0.25, 0.3) is 0 Å². The zero-order chi connectivity index (χ0) is 15.9. The van der Waals surface area contributed by atoms with Gasteiger partial charge in [-0.15, -0.1) is 0 Å². The average Bonchev–Trinajstić information content (AvgIpc) is 2.90. The largest absolute Gasteiger partial charge is 0.490 e. The van der Waals surface area contributed by atoms with E-state index in [0.29, 0.717) is 30.5 Å². The lowest BCUT2D eigenvalue weighted by Gasteiger charge is -2.23. The molecule has 0 aromatic heterocycles. The van der Waals surface area contributed by atoms with E-state index in [1.54, 1.807) is 24.1 Å². The molecule has 6 heteroatoms. The summed E-state index contributed by atoms with van der Waals surface area (Å²) in [7, 11) is 1.75. The van der Waals surface area contributed by atoms with Crippen molar-refractivity contribution in [3.63, 3.8) is 0 Å². The lowest BCUT2D eigenvalue weighted by Crippen LogP contribution is -2.42. The van der Waals surface area contributed by atoms with Gasteiger partial charge in [0.1, 0.15) is 12.4 Å². The van der Waals surface area contributed by atoms with Gasteiger partial charge < -0.3 is 20.1 Å². The molecule has 0 saturated heterocycles. The monoisotopic (exact) mass is 326 g/mol. The van der Waals surface area contributed by atoms with E-state index in [-0.39, 0.29) is 18.1 Å². The summed E-state index contributed by atoms with van der Waals surface area (Å²) in [4.78, 5) is 13.6. The molecule has 0 bridgehead atoms. The average molecular weight is 327 g/mol. The maximum atomic E-state index is 12.0. The minimum Gasteiger partial charge on any atom is -0.490 e. The Morgan fingerprint density at radius 2 is 2.23 bits per heavy atom. The first-order valence-electron chi connectivity index (χ1n) is 7.62. The van der Waals surface area contributed by atoms with E-state index in [1.165, 1.54) is 0 Å². The quantitative estimate of drug-likeness (QED) is 0.790. The van der Waals surface area contributed by atoms with Crippen molar-refractivity contribution in [1.29, 1.82) is 0 Å². The minimum atomic E-state index is -0.279. The number of aliphatic hydroxyl groups excluding tert-OH is 1. The summed E-state index contributed by atoms with van der Waals surface area (Å²) < 4.78 is 5.51. The highest BCUT2D eigenvalue weighted by atomic mass is 35.5. The van der Waals surface area contributed by atoms with Gasteiger partial charge in [0, 0.05) is 19.5 Å². The lowest BCUT2D eigenvalue weighted by molar-refractivity contribution is 0.113. The molecule has 2 unspecified atom stereocenters. The third kappa shape index (κ3) is 4.78. The first kappa shape index (κ1) is 16.9. The summed E-state index contributed by atoms with van der Waals surface area (Å²) in [5.41, 5.74) is 0. The Morgan fingerprint density at radius 3 is 2.91 bits per heavy atom. The van der Waals surface area contributed by atoms with Gasteiger partial charge in [0.25, 0.3) is 0 Å². The number of halogens is 1. The van der Waals surface area contributed by atoms with Crippen LogP contribution >= 0.6 is 11.6 Å². The molecule has 0 heterocycles. The SMILES string of the molecule is CN(CC1CCCC1O)C(=O)NCCOc1ccccc1Cl. The number of carbonyl (C=O) groups is 1. The minimum absolute atomic E-state index is 0.151. The van der Waals surface area contributed by atoms with Crippen LogP contribution in [0.4, 0.5) is 4.79 Å². The predicted octanol–water partition coefficient (Wildman–Crippen LogP) is 2.52. The summed E-state index contributed by atoms with van der Waals surface area (Å²) in [5, 5.41) is 13.1. The van der Waals surface area contributed by atoms with Crippen LogP contribution in [0.5, 0.6) is 5.75 Å². The Kier molecular flexibility index (Phi) is 6.34. The second-order valence-electron chi connectivity index (χ2n) is 5.65. The fourth-order valence-corrected chi connectivity index (χ4v) is 2.87. The Balaban J connectivity index is 1.66. The molecule has 1 aromatic carbocycles. The zero-order valence-electron chi connectivity index (χ0n) is 12.8. The van der Waals surface area contributed by atoms with Crippen molar-refractivity contribution in [1.82, 2.24) is 10.2 Å². The van der Waals surface area contributed by atoms with Gasteiger partial charge in [0.15, 0.2) is 0 Å². The summed E-state index contributed by atoms with van der Waals surface area (Å²) in [6, 6.07) is 7.08. The number of ether oxygens (including phenoxy) is 1. The van der Waals surface area contributed by atoms with Crippen LogP contribution in [0.1, 0.15) is 19.3 Å². The van der Waals surface area contributed by atoms with Crippen LogP contribution < -0.4 is 10.1 Å². The number of nitrogens with zero attached hydrogens (tertiary/aromatic N) is 1. The Hall–Kier alpha value is -1.46. The number of amides is 2. The summed E-state index contributed by atoms with van der Waals surface area (Å²) in [6.07, 6.45) is 2.58. The lowest BCUT2D eigenvalue weighted by atomic mass is 10.1. The van der Waals surface area contributed by atoms with Gasteiger partial charge in [0.05, 0.1) is 17.7 Å². The third-order valence-corrected chi connectivity index (χ3v) is 4.26. The number of benzene rings is 1. The number of urea groups is 1. The maximum Gasteiger partial charge on any atom is 0.317 e. The molecule has 122 valence electrons. The number of hydrogen-bond acceptors (Lipinski definition) is 3. The van der Waals surface area contributed by atoms with E-state index in [9.17, 15) is 9.90 Å². The fourth-order valence-electron chi connectivity index (χ4n) is 2.68. The molecule has 1 fully saturated rings. The number of rotatable bonds is 6. The predicted molar refractivity (Wildman–Crippen MR) is 86.3 cm³/mol. The number of aliphatic hydroxyl groups is 1. The van der Waals surface area contributed by atoms with E-state index in [4.69, 9.17) is 16.3 Å². The Morgan fingerprint density at radius 1 is 1.45 bits per heavy atom. The van der Waals surface area contributed by atoms with Crippen molar-refractivity contribution in [2.45, 2.75) is 25.4 Å². The van der Waals surface area contributed by atoms with Gasteiger partial charge in [-0.2, -0.15) is 0 Å². The second kappa shape index (κ2) is 8.25. The molecule has 2 atom stereocenters. The van der Waals surface area contributed by atoms with Gasteiger partial charge in [-0.25, -0.2) is 4.79 Å². The molecule has 5 nitrogen and oxygen atoms in total. The van der Waals surface area contributed by atoms with Gasteiger partial charge in [-0.1, -0.05) is 30.2 Å². The summed E-state index contributed by atoms with van der Waals surface area (Å²) >= 11 is 5.98. The summed E-state index contributed by atoms with van der Waals surface area (Å²) in [5.74, 6) is 0.802. The zero-order valence-corrected chi connectivity index (χ0v) is 13.6. The fraction of sp³-hybridized carbons (Fsp3) is 0.562. The van der Waals surface area contributed by atoms with Crippen molar-refractivity contribution in [3.05, 3.63) is 29.3 Å². The Bertz CT molecular complexity index is 498. The van der Waals surface area contributed by atoms with Gasteiger partial charge in [-0.3, -0.25) is 0 Å². The Labute approximate surface area is 136 Å². The normalized spacial score (nSPS) is 20.7. The number of para-hydroxylation sites is 1. The van der Waals surface area contributed by atoms with Crippen molar-refractivity contribution < 1.29 is 14.6 Å². The molecule has 0 aliphatic heterocycles. The second-order valence-corrected chi connectivity index (χ2v) is 6.06. The molecule has 2 N–H and O–H groups in total. The molecule has 2 amide bonds. The van der Waals surface area contributed by atoms with Crippen molar-refractivity contribution in [3.8, 4) is 5.75 Å². The number of nitrogens with one attached hydrogen (secondary N) is 1. The van der Waals surface area contributed by atoms with E-state index < -0.39 is 0 Å². The molecular weight excluding hydrogens is 304 g/mol. The van der Waals surface area contributed by atoms with E-state index in [0.717, 1.165) is 19.3 Å². The molecule has 1 saturated carbocycles. The topological polar surface area (TPSA) is 61.8 Å². The highest BCUT2D eigenvalue weighted by molar-refractivity contribution is 6.32. The molecule has 0 spiro atoms. The van der Waals surface area contributed by atoms with Gasteiger partial charge >= 0.3 is 6.03 Å². The van der Waals surface area contributed by atoms with Crippen LogP contribution in [0.2, 0.25) is 5.02 Å². The molecule has 22 heavy (non-hydrogen) atoms. The molecular formula is C16H23ClN2O3. The molecule has 0 radical (unpaired) electrons. The highest BCUT2D eigenvalue weighted by Crippen LogP contribution is 2.26. The molecule has 1 aromatic rings. The van der Waals surface area contributed by atoms with Gasteiger partial charge in [-0.05, 0) is 25.0 Å². The number of hydrogen-bond donors (Lipinski definition) is 2. The smallest absolute Gasteiger partial charge is 0.317 e. The van der Waals surface area contributed by atoms with Crippen LogP contribution in [0.3, 0.4) is 0 Å². The van der Waals surface area contributed by atoms with Crippen molar-refractivity contribution in [2.75, 3.05) is 26.7 Å². The van der Waals surface area contributed by atoms with Crippen LogP contribution in [-0.4, -0.2) is 48.9 Å². The van der Waals surface area contributed by atoms with E-state index in [1.807, 2.05) is 12.1 Å². The molecule has 1 aliphatic rings. The molecule has 2 rings (SSSR count). The first-order chi connectivity index (χ1) is 10.6. The van der Waals surface area contributed by atoms with Crippen molar-refractivity contribution in [2.24, 2.45) is 5.92 Å². The van der Waals surface area contributed by atoms with Crippen LogP contribution in [0.15, 0.2) is 24.3 Å². The standard InChI is InChI=1S/C16H23ClN2O3/c1-19(11-12-5-4-7-14(12)20)16(21)18-9-10-22-15-8-3-2-6-13(15)17/h2-3,6,8,12,14,20H,4-5,7,9-11H2,1H3,(H,18,21). The maximum absolute atomic E-state index is 12.0. The van der Waals surface area contributed by atoms with Gasteiger partial charge in [0.2, 0.25) is 0 Å². The third-order valence-electron chi connectivity index (χ3n) is 3.95. The van der Waals surface area contributed by atoms with E-state index >= 15 is 0 Å². The first-order valence-corrected chi connectivity index (χ1v) is 8.00. The van der Waals surface area contributed by atoms with Crippen molar-refractivity contribution >= 4 is 17.6 Å². The van der Waals surface area contributed by atoms with Crippen LogP contribution in [0, 0.1) is 5.92 Å². The van der Waals surface area contributed by atoms with E-state index in [2.05, 4.69) is 5.32 Å².